The molecule has 0 rings (SSSR count). The van der Waals surface area contributed by atoms with E-state index in [-0.39, 0.29) is 6.54 Å². The van der Waals surface area contributed by atoms with Crippen LogP contribution < -0.4 is 5.32 Å². The Bertz CT molecular complexity index is 101. The molecule has 1 unspecified atom stereocenters. The first kappa shape index (κ1) is 10.7. The van der Waals surface area contributed by atoms with Gasteiger partial charge in [0.2, 0.25) is 0 Å². The van der Waals surface area contributed by atoms with E-state index in [1.165, 1.54) is 0 Å². The van der Waals surface area contributed by atoms with Gasteiger partial charge in [-0.25, -0.2) is 4.39 Å². The smallest absolute Gasteiger partial charge is 0.317 e. The van der Waals surface area contributed by atoms with Crippen molar-refractivity contribution in [3.63, 3.8) is 0 Å². The Labute approximate surface area is 62.8 Å². The normalized spacial score (nSPS) is 15.0. The van der Waals surface area contributed by atoms with Gasteiger partial charge in [-0.15, -0.1) is 0 Å². The summed E-state index contributed by atoms with van der Waals surface area (Å²) in [5.41, 5.74) is 0. The van der Waals surface area contributed by atoms with Crippen LogP contribution in [0.15, 0.2) is 0 Å². The van der Waals surface area contributed by atoms with Gasteiger partial charge in [-0.1, -0.05) is 6.92 Å². The number of rotatable bonds is 4. The minimum atomic E-state index is -4.70. The molecule has 0 amide bonds. The van der Waals surface area contributed by atoms with Crippen LogP contribution in [-0.2, 0) is 0 Å². The van der Waals surface area contributed by atoms with E-state index in [4.69, 9.17) is 0 Å². The van der Waals surface area contributed by atoms with Crippen LogP contribution >= 0.6 is 0 Å². The lowest BCUT2D eigenvalue weighted by Crippen LogP contribution is -2.28. The third kappa shape index (κ3) is 5.01. The largest absolute Gasteiger partial charge is 0.419 e. The van der Waals surface area contributed by atoms with E-state index >= 15 is 0 Å². The van der Waals surface area contributed by atoms with E-state index in [1.807, 2.05) is 0 Å². The maximum Gasteiger partial charge on any atom is 0.419 e. The second-order valence-corrected chi connectivity index (χ2v) is 2.15. The van der Waals surface area contributed by atoms with Crippen molar-refractivity contribution >= 4 is 0 Å². The van der Waals surface area contributed by atoms with E-state index in [0.717, 1.165) is 0 Å². The number of alkyl halides is 4. The fraction of sp³-hybridized carbons (Fsp3) is 1.00. The second kappa shape index (κ2) is 4.54. The third-order valence-corrected chi connectivity index (χ3v) is 1.18. The van der Waals surface area contributed by atoms with Crippen molar-refractivity contribution in [1.29, 1.82) is 0 Å². The van der Waals surface area contributed by atoms with Gasteiger partial charge in [-0.05, 0) is 13.1 Å². The van der Waals surface area contributed by atoms with Crippen LogP contribution in [0.2, 0.25) is 0 Å². The molecule has 11 heavy (non-hydrogen) atoms. The average molecular weight is 173 g/mol. The van der Waals surface area contributed by atoms with Crippen molar-refractivity contribution in [2.24, 2.45) is 0 Å². The highest BCUT2D eigenvalue weighted by Gasteiger charge is 2.39. The molecule has 1 N–H and O–H groups in total. The van der Waals surface area contributed by atoms with Gasteiger partial charge >= 0.3 is 6.18 Å². The van der Waals surface area contributed by atoms with Crippen molar-refractivity contribution in [2.45, 2.75) is 25.7 Å². The summed E-state index contributed by atoms with van der Waals surface area (Å²) in [5, 5.41) is 2.61. The predicted molar refractivity (Wildman–Crippen MR) is 34.1 cm³/mol. The summed E-state index contributed by atoms with van der Waals surface area (Å²) >= 11 is 0. The monoisotopic (exact) mass is 173 g/mol. The van der Waals surface area contributed by atoms with E-state index in [1.54, 1.807) is 6.92 Å². The van der Waals surface area contributed by atoms with Crippen LogP contribution in [0.4, 0.5) is 17.6 Å². The minimum absolute atomic E-state index is 0.0666. The van der Waals surface area contributed by atoms with Crippen LogP contribution in [0.1, 0.15) is 13.3 Å². The van der Waals surface area contributed by atoms with Gasteiger partial charge < -0.3 is 5.32 Å². The van der Waals surface area contributed by atoms with Crippen LogP contribution in [0.5, 0.6) is 0 Å². The molecule has 68 valence electrons. The molecule has 1 atom stereocenters. The highest BCUT2D eigenvalue weighted by Crippen LogP contribution is 2.24. The maximum atomic E-state index is 12.1. The summed E-state index contributed by atoms with van der Waals surface area (Å²) in [5.74, 6) is 0. The van der Waals surface area contributed by atoms with Crippen molar-refractivity contribution in [3.05, 3.63) is 0 Å². The first-order chi connectivity index (χ1) is 4.98. The Morgan fingerprint density at radius 3 is 2.27 bits per heavy atom. The Kier molecular flexibility index (Phi) is 4.40. The van der Waals surface area contributed by atoms with Gasteiger partial charge in [0.1, 0.15) is 0 Å². The molecule has 0 saturated carbocycles. The number of nitrogens with one attached hydrogen (secondary N) is 1. The van der Waals surface area contributed by atoms with Crippen molar-refractivity contribution in [1.82, 2.24) is 5.32 Å². The second-order valence-electron chi connectivity index (χ2n) is 2.15. The molecule has 1 nitrogen and oxygen atoms in total. The van der Waals surface area contributed by atoms with Gasteiger partial charge in [0, 0.05) is 6.42 Å². The van der Waals surface area contributed by atoms with Crippen molar-refractivity contribution < 1.29 is 17.6 Å². The molecule has 0 spiro atoms. The molecule has 0 saturated heterocycles. The molecule has 0 bridgehead atoms. The average Bonchev–Trinajstić information content (AvgIpc) is 1.86. The molecule has 0 radical (unpaired) electrons. The molecule has 0 aliphatic rings. The Balaban J connectivity index is 3.44. The van der Waals surface area contributed by atoms with Gasteiger partial charge in [0.25, 0.3) is 0 Å². The zero-order valence-electron chi connectivity index (χ0n) is 6.21. The highest BCUT2D eigenvalue weighted by atomic mass is 19.4. The summed E-state index contributed by atoms with van der Waals surface area (Å²) in [6.07, 6.45) is -7.89. The highest BCUT2D eigenvalue weighted by molar-refractivity contribution is 4.66. The molecule has 0 aliphatic carbocycles. The van der Waals surface area contributed by atoms with Crippen molar-refractivity contribution in [2.75, 3.05) is 13.1 Å². The van der Waals surface area contributed by atoms with Crippen LogP contribution in [0, 0.1) is 0 Å². The summed E-state index contributed by atoms with van der Waals surface area (Å²) in [6.45, 7) is 2.38. The Morgan fingerprint density at radius 2 is 1.91 bits per heavy atom. The summed E-state index contributed by atoms with van der Waals surface area (Å²) in [7, 11) is 0. The molecule has 0 aromatic carbocycles. The van der Waals surface area contributed by atoms with E-state index in [9.17, 15) is 17.6 Å². The van der Waals surface area contributed by atoms with Gasteiger partial charge in [0.05, 0.1) is 0 Å². The minimum Gasteiger partial charge on any atom is -0.317 e. The van der Waals surface area contributed by atoms with Crippen LogP contribution in [0.3, 0.4) is 0 Å². The molecule has 0 heterocycles. The molecule has 5 heteroatoms. The Morgan fingerprint density at radius 1 is 1.36 bits per heavy atom. The number of hydrogen-bond donors (Lipinski definition) is 1. The quantitative estimate of drug-likeness (QED) is 0.505. The van der Waals surface area contributed by atoms with E-state index in [2.05, 4.69) is 5.32 Å². The molecule has 0 fully saturated rings. The zero-order chi connectivity index (χ0) is 8.91. The molecular formula is C6H11F4N. The fourth-order valence-electron chi connectivity index (χ4n) is 0.569. The first-order valence-corrected chi connectivity index (χ1v) is 3.40. The lowest BCUT2D eigenvalue weighted by atomic mass is 10.2. The van der Waals surface area contributed by atoms with Gasteiger partial charge in [-0.3, -0.25) is 0 Å². The molecule has 0 aromatic rings. The first-order valence-electron chi connectivity index (χ1n) is 3.40. The number of halogens is 4. The molecule has 0 aliphatic heterocycles. The third-order valence-electron chi connectivity index (χ3n) is 1.18. The maximum absolute atomic E-state index is 12.1. The zero-order valence-corrected chi connectivity index (χ0v) is 6.21. The SMILES string of the molecule is CCNCCC(F)C(F)(F)F. The summed E-state index contributed by atoms with van der Waals surface area (Å²) in [6, 6.07) is 0. The lowest BCUT2D eigenvalue weighted by Gasteiger charge is -2.11. The number of hydrogen-bond acceptors (Lipinski definition) is 1. The van der Waals surface area contributed by atoms with Crippen molar-refractivity contribution in [3.8, 4) is 0 Å². The molecule has 0 aromatic heterocycles. The van der Waals surface area contributed by atoms with Crippen LogP contribution in [0.25, 0.3) is 0 Å². The van der Waals surface area contributed by atoms with E-state index < -0.39 is 18.8 Å². The lowest BCUT2D eigenvalue weighted by molar-refractivity contribution is -0.181. The summed E-state index contributed by atoms with van der Waals surface area (Å²) < 4.78 is 46.5. The van der Waals surface area contributed by atoms with Gasteiger partial charge in [0.15, 0.2) is 6.17 Å². The fourth-order valence-corrected chi connectivity index (χ4v) is 0.569. The topological polar surface area (TPSA) is 12.0 Å². The predicted octanol–water partition coefficient (Wildman–Crippen LogP) is 1.89. The molecular weight excluding hydrogens is 162 g/mol. The van der Waals surface area contributed by atoms with E-state index in [0.29, 0.717) is 6.54 Å². The Hall–Kier alpha value is -0.320. The van der Waals surface area contributed by atoms with Gasteiger partial charge in [-0.2, -0.15) is 13.2 Å². The van der Waals surface area contributed by atoms with Crippen LogP contribution in [-0.4, -0.2) is 25.4 Å². The summed E-state index contributed by atoms with van der Waals surface area (Å²) in [4.78, 5) is 0. The standard InChI is InChI=1S/C6H11F4N/c1-2-11-4-3-5(7)6(8,9)10/h5,11H,2-4H2,1H3.